The Bertz CT molecular complexity index is 844. The van der Waals surface area contributed by atoms with E-state index in [9.17, 15) is 14.9 Å². The van der Waals surface area contributed by atoms with E-state index >= 15 is 0 Å². The number of nitro benzene ring substituents is 1. The molecule has 23 heavy (non-hydrogen) atoms. The number of nitro groups is 1. The Labute approximate surface area is 133 Å². The van der Waals surface area contributed by atoms with Crippen LogP contribution in [0.1, 0.15) is 10.4 Å². The summed E-state index contributed by atoms with van der Waals surface area (Å²) >= 11 is 1.05. The number of benzene rings is 1. The molecule has 116 valence electrons. The van der Waals surface area contributed by atoms with Gasteiger partial charge in [0, 0.05) is 17.7 Å². The molecule has 3 aromatic rings. The van der Waals surface area contributed by atoms with Crippen molar-refractivity contribution in [2.75, 3.05) is 5.75 Å². The third-order valence-electron chi connectivity index (χ3n) is 2.84. The van der Waals surface area contributed by atoms with E-state index < -0.39 is 4.92 Å². The van der Waals surface area contributed by atoms with Crippen molar-refractivity contribution in [3.8, 4) is 11.7 Å². The number of carbonyl (C=O) groups excluding carboxylic acids is 1. The van der Waals surface area contributed by atoms with Gasteiger partial charge in [-0.1, -0.05) is 23.9 Å². The fourth-order valence-electron chi connectivity index (χ4n) is 1.77. The minimum atomic E-state index is -0.544. The monoisotopic (exact) mass is 331 g/mol. The van der Waals surface area contributed by atoms with E-state index in [1.165, 1.54) is 30.5 Å². The van der Waals surface area contributed by atoms with Crippen molar-refractivity contribution in [3.63, 3.8) is 0 Å². The third-order valence-corrected chi connectivity index (χ3v) is 3.66. The van der Waals surface area contributed by atoms with Gasteiger partial charge in [-0.05, 0) is 12.1 Å². The van der Waals surface area contributed by atoms with E-state index in [4.69, 9.17) is 8.83 Å². The van der Waals surface area contributed by atoms with Crippen molar-refractivity contribution in [2.45, 2.75) is 5.22 Å². The number of Topliss-reactive ketones (excluding diaryl/α,β-unsaturated/α-hetero) is 1. The van der Waals surface area contributed by atoms with E-state index in [1.54, 1.807) is 12.1 Å². The number of rotatable bonds is 6. The molecule has 2 heterocycles. The van der Waals surface area contributed by atoms with Crippen LogP contribution in [0.2, 0.25) is 0 Å². The van der Waals surface area contributed by atoms with Crippen LogP contribution in [-0.4, -0.2) is 26.7 Å². The zero-order valence-corrected chi connectivity index (χ0v) is 12.4. The fourth-order valence-corrected chi connectivity index (χ4v) is 2.43. The number of hydrogen-bond acceptors (Lipinski definition) is 8. The van der Waals surface area contributed by atoms with E-state index in [1.807, 2.05) is 0 Å². The van der Waals surface area contributed by atoms with Crippen LogP contribution in [0, 0.1) is 10.1 Å². The van der Waals surface area contributed by atoms with Crippen molar-refractivity contribution in [2.24, 2.45) is 0 Å². The average molecular weight is 331 g/mol. The molecule has 0 atom stereocenters. The summed E-state index contributed by atoms with van der Waals surface area (Å²) in [5, 5.41) is 18.6. The van der Waals surface area contributed by atoms with Crippen molar-refractivity contribution in [3.05, 3.63) is 58.3 Å². The highest BCUT2D eigenvalue weighted by molar-refractivity contribution is 7.99. The number of ketones is 1. The molecule has 0 bridgehead atoms. The molecule has 8 nitrogen and oxygen atoms in total. The summed E-state index contributed by atoms with van der Waals surface area (Å²) in [5.74, 6) is 0.423. The second kappa shape index (κ2) is 6.44. The summed E-state index contributed by atoms with van der Waals surface area (Å²) < 4.78 is 10.5. The van der Waals surface area contributed by atoms with Crippen LogP contribution in [0.4, 0.5) is 5.69 Å². The molecule has 3 rings (SSSR count). The molecule has 0 saturated carbocycles. The molecule has 2 aromatic heterocycles. The van der Waals surface area contributed by atoms with Gasteiger partial charge in [0.25, 0.3) is 16.8 Å². The number of non-ortho nitro benzene ring substituents is 1. The molecule has 0 aliphatic carbocycles. The van der Waals surface area contributed by atoms with Gasteiger partial charge in [-0.25, -0.2) is 0 Å². The van der Waals surface area contributed by atoms with Crippen LogP contribution in [-0.2, 0) is 0 Å². The van der Waals surface area contributed by atoms with Crippen LogP contribution >= 0.6 is 11.8 Å². The van der Waals surface area contributed by atoms with E-state index in [0.717, 1.165) is 11.8 Å². The minimum Gasteiger partial charge on any atom is -0.459 e. The lowest BCUT2D eigenvalue weighted by molar-refractivity contribution is -0.384. The molecular formula is C14H9N3O5S. The first-order chi connectivity index (χ1) is 11.1. The Morgan fingerprint density at radius 1 is 1.26 bits per heavy atom. The summed E-state index contributed by atoms with van der Waals surface area (Å²) in [4.78, 5) is 22.2. The highest BCUT2D eigenvalue weighted by Gasteiger charge is 2.15. The molecule has 1 aromatic carbocycles. The molecule has 0 fully saturated rings. The lowest BCUT2D eigenvalue weighted by Crippen LogP contribution is -2.03. The number of furan rings is 1. The van der Waals surface area contributed by atoms with Gasteiger partial charge >= 0.3 is 0 Å². The first-order valence-electron chi connectivity index (χ1n) is 6.41. The molecular weight excluding hydrogens is 322 g/mol. The summed E-state index contributed by atoms with van der Waals surface area (Å²) in [6.45, 7) is 0. The van der Waals surface area contributed by atoms with Crippen LogP contribution in [0.25, 0.3) is 11.7 Å². The average Bonchev–Trinajstić information content (AvgIpc) is 3.23. The molecule has 0 amide bonds. The number of carbonyl (C=O) groups is 1. The Morgan fingerprint density at radius 3 is 2.87 bits per heavy atom. The number of thioether (sulfide) groups is 1. The molecule has 0 N–H and O–H groups in total. The van der Waals surface area contributed by atoms with Gasteiger partial charge in [-0.15, -0.1) is 10.2 Å². The lowest BCUT2D eigenvalue weighted by atomic mass is 10.1. The van der Waals surface area contributed by atoms with Crippen molar-refractivity contribution in [1.29, 1.82) is 0 Å². The third kappa shape index (κ3) is 3.46. The number of aromatic nitrogens is 2. The normalized spacial score (nSPS) is 10.6. The van der Waals surface area contributed by atoms with Crippen molar-refractivity contribution >= 4 is 23.2 Å². The van der Waals surface area contributed by atoms with E-state index in [-0.39, 0.29) is 33.9 Å². The van der Waals surface area contributed by atoms with Gasteiger partial charge in [0.05, 0.1) is 16.9 Å². The van der Waals surface area contributed by atoms with Gasteiger partial charge in [-0.2, -0.15) is 0 Å². The lowest BCUT2D eigenvalue weighted by Gasteiger charge is -1.99. The summed E-state index contributed by atoms with van der Waals surface area (Å²) in [6, 6.07) is 8.94. The van der Waals surface area contributed by atoms with Gasteiger partial charge in [0.2, 0.25) is 0 Å². The largest absolute Gasteiger partial charge is 0.459 e. The first kappa shape index (κ1) is 15.0. The van der Waals surface area contributed by atoms with E-state index in [0.29, 0.717) is 5.76 Å². The second-order valence-electron chi connectivity index (χ2n) is 4.37. The van der Waals surface area contributed by atoms with Crippen LogP contribution in [0.5, 0.6) is 0 Å². The predicted octanol–water partition coefficient (Wildman–Crippen LogP) is 3.21. The maximum absolute atomic E-state index is 12.1. The molecule has 9 heteroatoms. The van der Waals surface area contributed by atoms with Gasteiger partial charge in [0.1, 0.15) is 0 Å². The molecule has 0 aliphatic rings. The molecule has 0 radical (unpaired) electrons. The Balaban J connectivity index is 1.65. The van der Waals surface area contributed by atoms with Crippen LogP contribution in [0.15, 0.2) is 56.7 Å². The first-order valence-corrected chi connectivity index (χ1v) is 7.40. The number of hydrogen-bond donors (Lipinski definition) is 0. The highest BCUT2D eigenvalue weighted by atomic mass is 32.2. The second-order valence-corrected chi connectivity index (χ2v) is 5.30. The molecule has 0 aliphatic heterocycles. The van der Waals surface area contributed by atoms with Gasteiger partial charge in [-0.3, -0.25) is 14.9 Å². The molecule has 0 spiro atoms. The predicted molar refractivity (Wildman–Crippen MR) is 80.2 cm³/mol. The summed E-state index contributed by atoms with van der Waals surface area (Å²) in [5.41, 5.74) is 0.135. The highest BCUT2D eigenvalue weighted by Crippen LogP contribution is 2.24. The maximum atomic E-state index is 12.1. The maximum Gasteiger partial charge on any atom is 0.284 e. The Kier molecular flexibility index (Phi) is 4.20. The fraction of sp³-hybridized carbons (Fsp3) is 0.0714. The van der Waals surface area contributed by atoms with Gasteiger partial charge < -0.3 is 8.83 Å². The summed E-state index contributed by atoms with van der Waals surface area (Å²) in [7, 11) is 0. The minimum absolute atomic E-state index is 0.0287. The van der Waals surface area contributed by atoms with Crippen LogP contribution in [0.3, 0.4) is 0 Å². The summed E-state index contributed by atoms with van der Waals surface area (Å²) in [6.07, 6.45) is 1.48. The zero-order chi connectivity index (χ0) is 16.2. The zero-order valence-electron chi connectivity index (χ0n) is 11.5. The topological polar surface area (TPSA) is 112 Å². The Morgan fingerprint density at radius 2 is 2.13 bits per heavy atom. The Hall–Kier alpha value is -2.94. The van der Waals surface area contributed by atoms with Crippen LogP contribution < -0.4 is 0 Å². The SMILES string of the molecule is O=C(CSc1nnc(-c2ccco2)o1)c1cccc([N+](=O)[O-])c1. The van der Waals surface area contributed by atoms with Crippen molar-refractivity contribution in [1.82, 2.24) is 10.2 Å². The van der Waals surface area contributed by atoms with Crippen molar-refractivity contribution < 1.29 is 18.6 Å². The van der Waals surface area contributed by atoms with E-state index in [2.05, 4.69) is 10.2 Å². The molecule has 0 saturated heterocycles. The van der Waals surface area contributed by atoms with Gasteiger partial charge in [0.15, 0.2) is 11.5 Å². The number of nitrogens with zero attached hydrogens (tertiary/aromatic N) is 3. The smallest absolute Gasteiger partial charge is 0.284 e. The quantitative estimate of drug-likeness (QED) is 0.293. The standard InChI is InChI=1S/C14H9N3O5S/c18-11(9-3-1-4-10(7-9)17(19)20)8-23-14-16-15-13(22-14)12-5-2-6-21-12/h1-7H,8H2. The molecule has 0 unspecified atom stereocenters.